The van der Waals surface area contributed by atoms with Crippen LogP contribution in [0.1, 0.15) is 40.9 Å². The monoisotopic (exact) mass is 374 g/mol. The summed E-state index contributed by atoms with van der Waals surface area (Å²) in [6.07, 6.45) is 0. The first-order chi connectivity index (χ1) is 12.2. The van der Waals surface area contributed by atoms with Gasteiger partial charge < -0.3 is 5.32 Å². The molecule has 0 saturated carbocycles. The number of hydrogen-bond acceptors (Lipinski definition) is 3. The van der Waals surface area contributed by atoms with Gasteiger partial charge in [0.05, 0.1) is 4.90 Å². The van der Waals surface area contributed by atoms with E-state index in [2.05, 4.69) is 5.32 Å². The number of anilines is 1. The molecule has 6 heteroatoms. The third-order valence-electron chi connectivity index (χ3n) is 4.25. The van der Waals surface area contributed by atoms with Crippen LogP contribution >= 0.6 is 0 Å². The summed E-state index contributed by atoms with van der Waals surface area (Å²) in [5, 5.41) is 2.81. The molecule has 0 unspecified atom stereocenters. The van der Waals surface area contributed by atoms with Gasteiger partial charge in [-0.1, -0.05) is 37.1 Å². The Bertz CT molecular complexity index is 896. The van der Waals surface area contributed by atoms with Crippen molar-refractivity contribution in [3.63, 3.8) is 0 Å². The Balaban J connectivity index is 2.36. The van der Waals surface area contributed by atoms with Gasteiger partial charge in [-0.25, -0.2) is 8.42 Å². The van der Waals surface area contributed by atoms with Crippen molar-refractivity contribution in [2.24, 2.45) is 0 Å². The quantitative estimate of drug-likeness (QED) is 0.834. The molecule has 2 aromatic carbocycles. The molecule has 140 valence electrons. The Kier molecular flexibility index (Phi) is 6.21. The predicted octanol–water partition coefficient (Wildman–Crippen LogP) is 3.89. The van der Waals surface area contributed by atoms with E-state index < -0.39 is 10.0 Å². The van der Waals surface area contributed by atoms with Crippen LogP contribution in [0.4, 0.5) is 5.69 Å². The maximum atomic E-state index is 12.8. The molecule has 0 aromatic heterocycles. The molecule has 0 aliphatic heterocycles. The van der Waals surface area contributed by atoms with Gasteiger partial charge in [0.2, 0.25) is 10.0 Å². The second kappa shape index (κ2) is 8.01. The van der Waals surface area contributed by atoms with E-state index in [4.69, 9.17) is 0 Å². The van der Waals surface area contributed by atoms with Crippen molar-refractivity contribution in [2.75, 3.05) is 18.4 Å². The first-order valence-electron chi connectivity index (χ1n) is 8.69. The van der Waals surface area contributed by atoms with Crippen molar-refractivity contribution in [1.29, 1.82) is 0 Å². The lowest BCUT2D eigenvalue weighted by atomic mass is 10.1. The topological polar surface area (TPSA) is 66.5 Å². The molecule has 0 atom stereocenters. The zero-order valence-corrected chi connectivity index (χ0v) is 16.8. The fourth-order valence-electron chi connectivity index (χ4n) is 2.97. The zero-order valence-electron chi connectivity index (χ0n) is 16.0. The van der Waals surface area contributed by atoms with E-state index in [0.717, 1.165) is 11.1 Å². The van der Waals surface area contributed by atoms with Crippen LogP contribution in [0, 0.1) is 20.8 Å². The van der Waals surface area contributed by atoms with Crippen LogP contribution in [-0.2, 0) is 10.0 Å². The molecule has 0 saturated heterocycles. The summed E-state index contributed by atoms with van der Waals surface area (Å²) in [5.74, 6) is -0.258. The Morgan fingerprint density at radius 2 is 1.54 bits per heavy atom. The molecule has 2 rings (SSSR count). The van der Waals surface area contributed by atoms with E-state index in [0.29, 0.717) is 29.9 Å². The van der Waals surface area contributed by atoms with Crippen LogP contribution in [0.2, 0.25) is 0 Å². The molecule has 1 N–H and O–H groups in total. The van der Waals surface area contributed by atoms with Gasteiger partial charge in [-0.05, 0) is 50.6 Å². The number of carbonyl (C=O) groups is 1. The second-order valence-electron chi connectivity index (χ2n) is 6.40. The molecule has 2 aromatic rings. The van der Waals surface area contributed by atoms with Gasteiger partial charge in [0.1, 0.15) is 0 Å². The summed E-state index contributed by atoms with van der Waals surface area (Å²) in [5.41, 5.74) is 3.68. The van der Waals surface area contributed by atoms with Crippen LogP contribution in [0.5, 0.6) is 0 Å². The summed E-state index contributed by atoms with van der Waals surface area (Å²) in [4.78, 5) is 12.8. The lowest BCUT2D eigenvalue weighted by Crippen LogP contribution is -2.31. The first-order valence-corrected chi connectivity index (χ1v) is 10.1. The first kappa shape index (κ1) is 20.1. The molecule has 5 nitrogen and oxygen atoms in total. The fourth-order valence-corrected chi connectivity index (χ4v) is 4.68. The maximum Gasteiger partial charge on any atom is 0.255 e. The Labute approximate surface area is 156 Å². The van der Waals surface area contributed by atoms with E-state index >= 15 is 0 Å². The van der Waals surface area contributed by atoms with Gasteiger partial charge in [0, 0.05) is 24.3 Å². The average Bonchev–Trinajstić information content (AvgIpc) is 2.56. The standard InChI is InChI=1S/C20H26N2O3S/c1-6-22(7-2)26(24,25)19-13-18(9-8-16(19)5)21-20(23)17-11-14(3)10-15(4)12-17/h8-13H,6-7H2,1-5H3,(H,21,23). The van der Waals surface area contributed by atoms with Crippen LogP contribution in [0.15, 0.2) is 41.3 Å². The second-order valence-corrected chi connectivity index (χ2v) is 8.31. The summed E-state index contributed by atoms with van der Waals surface area (Å²) >= 11 is 0. The lowest BCUT2D eigenvalue weighted by molar-refractivity contribution is 0.102. The lowest BCUT2D eigenvalue weighted by Gasteiger charge is -2.20. The van der Waals surface area contributed by atoms with Gasteiger partial charge in [-0.2, -0.15) is 4.31 Å². The number of aryl methyl sites for hydroxylation is 3. The number of nitrogens with zero attached hydrogens (tertiary/aromatic N) is 1. The van der Waals surface area contributed by atoms with E-state index in [1.807, 2.05) is 45.9 Å². The molecular weight excluding hydrogens is 348 g/mol. The Morgan fingerprint density at radius 1 is 0.962 bits per heavy atom. The van der Waals surface area contributed by atoms with Gasteiger partial charge >= 0.3 is 0 Å². The number of nitrogens with one attached hydrogen (secondary N) is 1. The number of benzene rings is 2. The van der Waals surface area contributed by atoms with E-state index in [1.54, 1.807) is 19.1 Å². The Hall–Kier alpha value is -2.18. The third kappa shape index (κ3) is 4.31. The zero-order chi connectivity index (χ0) is 19.5. The number of rotatable bonds is 6. The minimum atomic E-state index is -3.59. The molecule has 0 bridgehead atoms. The molecule has 26 heavy (non-hydrogen) atoms. The summed E-state index contributed by atoms with van der Waals surface area (Å²) < 4.78 is 27.1. The predicted molar refractivity (Wildman–Crippen MR) is 105 cm³/mol. The smallest absolute Gasteiger partial charge is 0.255 e. The molecule has 0 heterocycles. The van der Waals surface area contributed by atoms with Crippen molar-refractivity contribution in [2.45, 2.75) is 39.5 Å². The molecule has 0 aliphatic rings. The van der Waals surface area contributed by atoms with Crippen LogP contribution < -0.4 is 5.32 Å². The van der Waals surface area contributed by atoms with Crippen molar-refractivity contribution < 1.29 is 13.2 Å². The summed E-state index contributed by atoms with van der Waals surface area (Å²) in [6, 6.07) is 10.6. The summed E-state index contributed by atoms with van der Waals surface area (Å²) in [6.45, 7) is 10.0. The molecule has 0 spiro atoms. The number of amides is 1. The van der Waals surface area contributed by atoms with Gasteiger partial charge in [-0.3, -0.25) is 4.79 Å². The number of hydrogen-bond donors (Lipinski definition) is 1. The molecule has 0 aliphatic carbocycles. The highest BCUT2D eigenvalue weighted by Gasteiger charge is 2.24. The molecule has 0 fully saturated rings. The van der Waals surface area contributed by atoms with Gasteiger partial charge in [0.25, 0.3) is 5.91 Å². The van der Waals surface area contributed by atoms with Crippen molar-refractivity contribution in [3.8, 4) is 0 Å². The Morgan fingerprint density at radius 3 is 2.08 bits per heavy atom. The van der Waals surface area contributed by atoms with Crippen LogP contribution in [0.25, 0.3) is 0 Å². The van der Waals surface area contributed by atoms with Crippen molar-refractivity contribution >= 4 is 21.6 Å². The highest BCUT2D eigenvalue weighted by molar-refractivity contribution is 7.89. The van der Waals surface area contributed by atoms with E-state index in [-0.39, 0.29) is 10.8 Å². The fraction of sp³-hybridized carbons (Fsp3) is 0.350. The van der Waals surface area contributed by atoms with Crippen molar-refractivity contribution in [1.82, 2.24) is 4.31 Å². The summed E-state index contributed by atoms with van der Waals surface area (Å²) in [7, 11) is -3.59. The van der Waals surface area contributed by atoms with E-state index in [1.165, 1.54) is 10.4 Å². The minimum absolute atomic E-state index is 0.222. The SMILES string of the molecule is CCN(CC)S(=O)(=O)c1cc(NC(=O)c2cc(C)cc(C)c2)ccc1C. The van der Waals surface area contributed by atoms with Crippen LogP contribution in [-0.4, -0.2) is 31.7 Å². The third-order valence-corrected chi connectivity index (χ3v) is 6.45. The molecule has 1 amide bonds. The van der Waals surface area contributed by atoms with Crippen LogP contribution in [0.3, 0.4) is 0 Å². The van der Waals surface area contributed by atoms with Gasteiger partial charge in [0.15, 0.2) is 0 Å². The minimum Gasteiger partial charge on any atom is -0.322 e. The van der Waals surface area contributed by atoms with E-state index in [9.17, 15) is 13.2 Å². The highest BCUT2D eigenvalue weighted by atomic mass is 32.2. The van der Waals surface area contributed by atoms with Crippen molar-refractivity contribution in [3.05, 3.63) is 58.7 Å². The van der Waals surface area contributed by atoms with Gasteiger partial charge in [-0.15, -0.1) is 0 Å². The largest absolute Gasteiger partial charge is 0.322 e. The number of sulfonamides is 1. The normalized spacial score (nSPS) is 11.6. The number of carbonyl (C=O) groups excluding carboxylic acids is 1. The molecule has 0 radical (unpaired) electrons. The maximum absolute atomic E-state index is 12.8. The average molecular weight is 375 g/mol. The highest BCUT2D eigenvalue weighted by Crippen LogP contribution is 2.24. The molecular formula is C20H26N2O3S.